The van der Waals surface area contributed by atoms with Crippen molar-refractivity contribution in [2.24, 2.45) is 0 Å². The summed E-state index contributed by atoms with van der Waals surface area (Å²) in [7, 11) is 0. The molecule has 0 aromatic heterocycles. The number of rotatable bonds is 6. The van der Waals surface area contributed by atoms with Gasteiger partial charge in [-0.2, -0.15) is 0 Å². The number of unbranched alkanes of at least 4 members (excludes halogenated alkanes) is 2. The van der Waals surface area contributed by atoms with Gasteiger partial charge in [0.05, 0.1) is 0 Å². The molecule has 1 aromatic carbocycles. The van der Waals surface area contributed by atoms with E-state index in [0.29, 0.717) is 10.0 Å². The largest absolute Gasteiger partial charge is 0.0880 e. The Labute approximate surface area is 122 Å². The van der Waals surface area contributed by atoms with E-state index < -0.39 is 0 Å². The molecule has 1 aromatic rings. The molecule has 3 heteroatoms. The second-order valence-electron chi connectivity index (χ2n) is 4.06. The van der Waals surface area contributed by atoms with Crippen LogP contribution in [-0.4, -0.2) is 5.33 Å². The fraction of sp³-hybridized carbons (Fsp3) is 0.429. The van der Waals surface area contributed by atoms with Crippen LogP contribution in [0.4, 0.5) is 0 Å². The molecule has 0 aliphatic heterocycles. The highest BCUT2D eigenvalue weighted by Crippen LogP contribution is 2.24. The van der Waals surface area contributed by atoms with Crippen LogP contribution in [0.15, 0.2) is 23.8 Å². The summed E-state index contributed by atoms with van der Waals surface area (Å²) in [6.45, 7) is 2.22. The normalized spacial score (nSPS) is 11.9. The van der Waals surface area contributed by atoms with Gasteiger partial charge >= 0.3 is 0 Å². The van der Waals surface area contributed by atoms with Crippen molar-refractivity contribution in [3.05, 3.63) is 39.4 Å². The zero-order valence-electron chi connectivity index (χ0n) is 9.98. The second kappa shape index (κ2) is 8.18. The van der Waals surface area contributed by atoms with Crippen LogP contribution in [0.2, 0.25) is 10.0 Å². The molecule has 0 unspecified atom stereocenters. The molecule has 0 spiro atoms. The summed E-state index contributed by atoms with van der Waals surface area (Å²) in [6.07, 6.45) is 7.04. The van der Waals surface area contributed by atoms with Crippen LogP contribution in [-0.2, 0) is 0 Å². The molecule has 94 valence electrons. The molecule has 0 amide bonds. The van der Waals surface area contributed by atoms with E-state index in [1.165, 1.54) is 24.8 Å². The van der Waals surface area contributed by atoms with Crippen molar-refractivity contribution in [3.63, 3.8) is 0 Å². The Morgan fingerprint density at radius 2 is 2.06 bits per heavy atom. The highest BCUT2D eigenvalue weighted by atomic mass is 79.9. The first-order chi connectivity index (χ1) is 8.17. The lowest BCUT2D eigenvalue weighted by Crippen LogP contribution is -1.87. The Morgan fingerprint density at radius 1 is 1.29 bits per heavy atom. The van der Waals surface area contributed by atoms with Gasteiger partial charge in [-0.05, 0) is 30.5 Å². The third kappa shape index (κ3) is 5.46. The van der Waals surface area contributed by atoms with Crippen molar-refractivity contribution in [1.29, 1.82) is 0 Å². The molecular weight excluding hydrogens is 319 g/mol. The van der Waals surface area contributed by atoms with E-state index in [0.717, 1.165) is 17.3 Å². The summed E-state index contributed by atoms with van der Waals surface area (Å²) in [5, 5.41) is 2.29. The third-order valence-corrected chi connectivity index (χ3v) is 3.88. The first kappa shape index (κ1) is 15.1. The van der Waals surface area contributed by atoms with Crippen molar-refractivity contribution < 1.29 is 0 Å². The Hall–Kier alpha value is 0.0200. The molecule has 0 radical (unpaired) electrons. The molecular formula is C14H17BrCl2. The third-order valence-electron chi connectivity index (χ3n) is 2.60. The molecule has 0 atom stereocenters. The Bertz CT molecular complexity index is 386. The summed E-state index contributed by atoms with van der Waals surface area (Å²) in [5.74, 6) is 0. The standard InChI is InChI=1S/C14H17BrCl2/c1-2-3-4-5-11(10-15)8-12-6-7-13(16)9-14(12)17/h6-9H,2-5,10H2,1H3. The highest BCUT2D eigenvalue weighted by molar-refractivity contribution is 9.09. The molecule has 0 heterocycles. The van der Waals surface area contributed by atoms with Gasteiger partial charge in [0, 0.05) is 15.4 Å². The van der Waals surface area contributed by atoms with Gasteiger partial charge < -0.3 is 0 Å². The zero-order chi connectivity index (χ0) is 12.7. The first-order valence-electron chi connectivity index (χ1n) is 5.87. The maximum absolute atomic E-state index is 6.15. The molecule has 0 saturated heterocycles. The lowest BCUT2D eigenvalue weighted by atomic mass is 10.1. The van der Waals surface area contributed by atoms with Crippen molar-refractivity contribution in [2.45, 2.75) is 32.6 Å². The maximum atomic E-state index is 6.15. The number of hydrogen-bond donors (Lipinski definition) is 0. The summed E-state index contributed by atoms with van der Waals surface area (Å²) >= 11 is 15.5. The van der Waals surface area contributed by atoms with Gasteiger partial charge in [-0.15, -0.1) is 0 Å². The minimum Gasteiger partial charge on any atom is -0.0880 e. The van der Waals surface area contributed by atoms with Crippen LogP contribution in [0, 0.1) is 0 Å². The minimum absolute atomic E-state index is 0.679. The van der Waals surface area contributed by atoms with Gasteiger partial charge in [0.25, 0.3) is 0 Å². The quantitative estimate of drug-likeness (QED) is 0.419. The summed E-state index contributed by atoms with van der Waals surface area (Å²) in [5.41, 5.74) is 2.42. The van der Waals surface area contributed by atoms with Crippen molar-refractivity contribution in [2.75, 3.05) is 5.33 Å². The van der Waals surface area contributed by atoms with Crippen LogP contribution in [0.1, 0.15) is 38.2 Å². The maximum Gasteiger partial charge on any atom is 0.0493 e. The van der Waals surface area contributed by atoms with Gasteiger partial charge in [0.1, 0.15) is 0 Å². The van der Waals surface area contributed by atoms with E-state index in [4.69, 9.17) is 23.2 Å². The van der Waals surface area contributed by atoms with E-state index in [1.54, 1.807) is 6.07 Å². The predicted molar refractivity (Wildman–Crippen MR) is 82.4 cm³/mol. The zero-order valence-corrected chi connectivity index (χ0v) is 13.1. The van der Waals surface area contributed by atoms with Gasteiger partial charge in [-0.25, -0.2) is 0 Å². The van der Waals surface area contributed by atoms with Gasteiger partial charge in [0.15, 0.2) is 0 Å². The molecule has 0 nitrogen and oxygen atoms in total. The molecule has 0 aliphatic carbocycles. The van der Waals surface area contributed by atoms with E-state index in [9.17, 15) is 0 Å². The Balaban J connectivity index is 2.75. The SMILES string of the molecule is CCCCCC(=Cc1ccc(Cl)cc1Cl)CBr. The molecule has 0 aliphatic rings. The van der Waals surface area contributed by atoms with Crippen LogP contribution in [0.25, 0.3) is 6.08 Å². The number of halogens is 3. The minimum atomic E-state index is 0.679. The van der Waals surface area contributed by atoms with Gasteiger partial charge in [0.2, 0.25) is 0 Å². The fourth-order valence-electron chi connectivity index (χ4n) is 1.62. The topological polar surface area (TPSA) is 0 Å². The number of allylic oxidation sites excluding steroid dienone is 1. The summed E-state index contributed by atoms with van der Waals surface area (Å²) < 4.78 is 0. The number of benzene rings is 1. The number of alkyl halides is 1. The van der Waals surface area contributed by atoms with E-state index in [1.807, 2.05) is 12.1 Å². The average Bonchev–Trinajstić information content (AvgIpc) is 2.31. The molecule has 1 rings (SSSR count). The molecule has 0 N–H and O–H groups in total. The first-order valence-corrected chi connectivity index (χ1v) is 7.75. The van der Waals surface area contributed by atoms with Crippen molar-refractivity contribution in [3.8, 4) is 0 Å². The molecule has 17 heavy (non-hydrogen) atoms. The Kier molecular flexibility index (Phi) is 7.26. The lowest BCUT2D eigenvalue weighted by Gasteiger charge is -2.05. The van der Waals surface area contributed by atoms with Crippen molar-refractivity contribution >= 4 is 45.2 Å². The summed E-state index contributed by atoms with van der Waals surface area (Å²) in [4.78, 5) is 0. The average molecular weight is 336 g/mol. The molecule has 0 saturated carbocycles. The Morgan fingerprint density at radius 3 is 2.65 bits per heavy atom. The van der Waals surface area contributed by atoms with Gasteiger partial charge in [-0.3, -0.25) is 0 Å². The van der Waals surface area contributed by atoms with E-state index >= 15 is 0 Å². The lowest BCUT2D eigenvalue weighted by molar-refractivity contribution is 0.716. The predicted octanol–water partition coefficient (Wildman–Crippen LogP) is 6.35. The molecule has 0 bridgehead atoms. The molecule has 0 fully saturated rings. The van der Waals surface area contributed by atoms with Crippen LogP contribution >= 0.6 is 39.1 Å². The summed E-state index contributed by atoms with van der Waals surface area (Å²) in [6, 6.07) is 5.62. The second-order valence-corrected chi connectivity index (χ2v) is 5.46. The highest BCUT2D eigenvalue weighted by Gasteiger charge is 2.01. The van der Waals surface area contributed by atoms with Crippen molar-refractivity contribution in [1.82, 2.24) is 0 Å². The smallest absolute Gasteiger partial charge is 0.0493 e. The van der Waals surface area contributed by atoms with Crippen LogP contribution in [0.5, 0.6) is 0 Å². The van der Waals surface area contributed by atoms with Crippen LogP contribution in [0.3, 0.4) is 0 Å². The van der Waals surface area contributed by atoms with Crippen LogP contribution < -0.4 is 0 Å². The number of hydrogen-bond acceptors (Lipinski definition) is 0. The van der Waals surface area contributed by atoms with Gasteiger partial charge in [-0.1, -0.05) is 76.6 Å². The van der Waals surface area contributed by atoms with E-state index in [2.05, 4.69) is 28.9 Å². The van der Waals surface area contributed by atoms with E-state index in [-0.39, 0.29) is 0 Å². The fourth-order valence-corrected chi connectivity index (χ4v) is 2.52. The monoisotopic (exact) mass is 334 g/mol.